The SMILES string of the molecule is CN1CCN(C(=O)NCC(=O)NC(/C=C/S(=O)(=O)c2ccccc2)CCc2ccccc2)CC1. The summed E-state index contributed by atoms with van der Waals surface area (Å²) in [6.07, 6.45) is 2.68. The lowest BCUT2D eigenvalue weighted by atomic mass is 10.1. The van der Waals surface area contributed by atoms with Gasteiger partial charge in [0.2, 0.25) is 5.91 Å². The molecule has 0 saturated carbocycles. The molecule has 1 aliphatic rings. The first kappa shape index (κ1) is 25.5. The number of carbonyl (C=O) groups is 2. The highest BCUT2D eigenvalue weighted by molar-refractivity contribution is 7.94. The van der Waals surface area contributed by atoms with Gasteiger partial charge in [0.1, 0.15) is 0 Å². The molecule has 1 fully saturated rings. The minimum atomic E-state index is -3.63. The van der Waals surface area contributed by atoms with E-state index in [2.05, 4.69) is 15.5 Å². The molecule has 1 unspecified atom stereocenters. The van der Waals surface area contributed by atoms with Gasteiger partial charge in [-0.05, 0) is 37.6 Å². The minimum absolute atomic E-state index is 0.174. The van der Waals surface area contributed by atoms with Crippen LogP contribution in [-0.4, -0.2) is 76.0 Å². The molecule has 1 saturated heterocycles. The van der Waals surface area contributed by atoms with Crippen molar-refractivity contribution in [1.29, 1.82) is 0 Å². The number of hydrogen-bond donors (Lipinski definition) is 2. The summed E-state index contributed by atoms with van der Waals surface area (Å²) in [5.74, 6) is -0.373. The molecule has 0 radical (unpaired) electrons. The first-order valence-electron chi connectivity index (χ1n) is 11.4. The van der Waals surface area contributed by atoms with E-state index in [1.807, 2.05) is 37.4 Å². The third kappa shape index (κ3) is 8.00. The molecule has 0 spiro atoms. The molecule has 1 heterocycles. The first-order chi connectivity index (χ1) is 16.3. The number of hydrogen-bond acceptors (Lipinski definition) is 5. The zero-order chi connectivity index (χ0) is 24.4. The van der Waals surface area contributed by atoms with Crippen molar-refractivity contribution in [2.75, 3.05) is 39.8 Å². The molecule has 3 amide bonds. The third-order valence-corrected chi connectivity index (χ3v) is 7.13. The fourth-order valence-corrected chi connectivity index (χ4v) is 4.70. The number of nitrogens with one attached hydrogen (secondary N) is 2. The van der Waals surface area contributed by atoms with Crippen molar-refractivity contribution in [3.63, 3.8) is 0 Å². The van der Waals surface area contributed by atoms with Crippen LogP contribution >= 0.6 is 0 Å². The average molecular weight is 485 g/mol. The van der Waals surface area contributed by atoms with Crippen LogP contribution < -0.4 is 10.6 Å². The summed E-state index contributed by atoms with van der Waals surface area (Å²) >= 11 is 0. The fourth-order valence-electron chi connectivity index (χ4n) is 3.61. The molecule has 1 atom stereocenters. The lowest BCUT2D eigenvalue weighted by Crippen LogP contribution is -2.52. The van der Waals surface area contributed by atoms with E-state index in [9.17, 15) is 18.0 Å². The van der Waals surface area contributed by atoms with Gasteiger partial charge in [0.05, 0.1) is 11.4 Å². The monoisotopic (exact) mass is 484 g/mol. The van der Waals surface area contributed by atoms with Crippen molar-refractivity contribution in [1.82, 2.24) is 20.4 Å². The van der Waals surface area contributed by atoms with E-state index < -0.39 is 15.9 Å². The summed E-state index contributed by atoms with van der Waals surface area (Å²) in [6.45, 7) is 2.64. The zero-order valence-electron chi connectivity index (χ0n) is 19.4. The molecule has 8 nitrogen and oxygen atoms in total. The molecule has 1 aliphatic heterocycles. The molecule has 0 aliphatic carbocycles. The number of rotatable bonds is 9. The molecule has 9 heteroatoms. The Labute approximate surface area is 201 Å². The highest BCUT2D eigenvalue weighted by Gasteiger charge is 2.20. The van der Waals surface area contributed by atoms with Crippen molar-refractivity contribution in [2.45, 2.75) is 23.8 Å². The predicted molar refractivity (Wildman–Crippen MR) is 132 cm³/mol. The third-order valence-electron chi connectivity index (χ3n) is 5.69. The number of carbonyl (C=O) groups excluding carboxylic acids is 2. The largest absolute Gasteiger partial charge is 0.348 e. The Bertz CT molecular complexity index is 1070. The molecule has 0 aromatic heterocycles. The summed E-state index contributed by atoms with van der Waals surface area (Å²) in [7, 11) is -1.63. The molecule has 182 valence electrons. The van der Waals surface area contributed by atoms with Crippen LogP contribution in [0.3, 0.4) is 0 Å². The average Bonchev–Trinajstić information content (AvgIpc) is 2.86. The second-order valence-corrected chi connectivity index (χ2v) is 10.2. The van der Waals surface area contributed by atoms with Gasteiger partial charge in [0.15, 0.2) is 9.84 Å². The number of amides is 3. The van der Waals surface area contributed by atoms with E-state index in [0.29, 0.717) is 25.9 Å². The van der Waals surface area contributed by atoms with Crippen LogP contribution in [0.1, 0.15) is 12.0 Å². The van der Waals surface area contributed by atoms with Crippen LogP contribution in [0.5, 0.6) is 0 Å². The van der Waals surface area contributed by atoms with Gasteiger partial charge in [-0.25, -0.2) is 13.2 Å². The van der Waals surface area contributed by atoms with E-state index in [4.69, 9.17) is 0 Å². The van der Waals surface area contributed by atoms with E-state index in [0.717, 1.165) is 24.1 Å². The summed E-state index contributed by atoms with van der Waals surface area (Å²) in [5, 5.41) is 6.64. The predicted octanol–water partition coefficient (Wildman–Crippen LogP) is 2.05. The van der Waals surface area contributed by atoms with Crippen LogP contribution in [0.15, 0.2) is 77.0 Å². The Morgan fingerprint density at radius 2 is 1.59 bits per heavy atom. The number of piperazine rings is 1. The number of nitrogens with zero attached hydrogens (tertiary/aromatic N) is 2. The van der Waals surface area contributed by atoms with Crippen LogP contribution in [0, 0.1) is 0 Å². The molecule has 2 aromatic carbocycles. The van der Waals surface area contributed by atoms with Crippen LogP contribution in [0.2, 0.25) is 0 Å². The fraction of sp³-hybridized carbons (Fsp3) is 0.360. The summed E-state index contributed by atoms with van der Waals surface area (Å²) in [6, 6.07) is 17.1. The van der Waals surface area contributed by atoms with E-state index in [1.54, 1.807) is 23.1 Å². The van der Waals surface area contributed by atoms with Gasteiger partial charge in [-0.1, -0.05) is 54.6 Å². The second kappa shape index (κ2) is 12.3. The lowest BCUT2D eigenvalue weighted by molar-refractivity contribution is -0.120. The Kier molecular flexibility index (Phi) is 9.24. The maximum atomic E-state index is 12.6. The van der Waals surface area contributed by atoms with Crippen molar-refractivity contribution in [3.05, 3.63) is 77.7 Å². The normalized spacial score (nSPS) is 15.7. The number of sulfone groups is 1. The standard InChI is InChI=1S/C25H32N4O4S/c1-28-15-17-29(18-16-28)25(31)26-20-24(30)27-22(13-12-21-8-4-2-5-9-21)14-19-34(32,33)23-10-6-3-7-11-23/h2-11,14,19,22H,12-13,15-18,20H2,1H3,(H,26,31)(H,27,30)/b19-14+. The molecule has 3 rings (SSSR count). The Hall–Kier alpha value is -3.17. The van der Waals surface area contributed by atoms with Gasteiger partial charge in [-0.15, -0.1) is 0 Å². The van der Waals surface area contributed by atoms with Crippen molar-refractivity contribution >= 4 is 21.8 Å². The van der Waals surface area contributed by atoms with Crippen LogP contribution in [-0.2, 0) is 21.1 Å². The van der Waals surface area contributed by atoms with Crippen molar-refractivity contribution in [2.24, 2.45) is 0 Å². The van der Waals surface area contributed by atoms with E-state index in [1.165, 1.54) is 18.2 Å². The Morgan fingerprint density at radius 1 is 0.971 bits per heavy atom. The molecule has 2 aromatic rings. The minimum Gasteiger partial charge on any atom is -0.348 e. The highest BCUT2D eigenvalue weighted by atomic mass is 32.2. The van der Waals surface area contributed by atoms with Gasteiger partial charge in [-0.3, -0.25) is 4.79 Å². The number of benzene rings is 2. The van der Waals surface area contributed by atoms with Crippen molar-refractivity contribution < 1.29 is 18.0 Å². The molecule has 0 bridgehead atoms. The quantitative estimate of drug-likeness (QED) is 0.568. The topological polar surface area (TPSA) is 98.8 Å². The lowest BCUT2D eigenvalue weighted by Gasteiger charge is -2.32. The summed E-state index contributed by atoms with van der Waals surface area (Å²) < 4.78 is 25.3. The highest BCUT2D eigenvalue weighted by Crippen LogP contribution is 2.13. The van der Waals surface area contributed by atoms with Gasteiger partial charge in [0.25, 0.3) is 0 Å². The Morgan fingerprint density at radius 3 is 2.24 bits per heavy atom. The van der Waals surface area contributed by atoms with Gasteiger partial charge < -0.3 is 20.4 Å². The maximum Gasteiger partial charge on any atom is 0.317 e. The van der Waals surface area contributed by atoms with Crippen LogP contribution in [0.4, 0.5) is 4.79 Å². The van der Waals surface area contributed by atoms with Crippen molar-refractivity contribution in [3.8, 4) is 0 Å². The Balaban J connectivity index is 1.60. The second-order valence-electron chi connectivity index (χ2n) is 8.33. The van der Waals surface area contributed by atoms with E-state index in [-0.39, 0.29) is 23.4 Å². The zero-order valence-corrected chi connectivity index (χ0v) is 20.2. The number of aryl methyl sites for hydroxylation is 1. The maximum absolute atomic E-state index is 12.6. The number of likely N-dealkylation sites (N-methyl/N-ethyl adjacent to an activating group) is 1. The van der Waals surface area contributed by atoms with Gasteiger partial charge in [0, 0.05) is 37.6 Å². The molecular formula is C25H32N4O4S. The van der Waals surface area contributed by atoms with Gasteiger partial charge >= 0.3 is 6.03 Å². The summed E-state index contributed by atoms with van der Waals surface area (Å²) in [5.41, 5.74) is 1.09. The summed E-state index contributed by atoms with van der Waals surface area (Å²) in [4.78, 5) is 28.9. The van der Waals surface area contributed by atoms with Gasteiger partial charge in [-0.2, -0.15) is 0 Å². The molecule has 34 heavy (non-hydrogen) atoms. The first-order valence-corrected chi connectivity index (χ1v) is 12.9. The molecule has 2 N–H and O–H groups in total. The number of urea groups is 1. The van der Waals surface area contributed by atoms with E-state index >= 15 is 0 Å². The molecular weight excluding hydrogens is 452 g/mol. The van der Waals surface area contributed by atoms with Crippen LogP contribution in [0.25, 0.3) is 0 Å². The smallest absolute Gasteiger partial charge is 0.317 e.